The number of hydrogen-bond acceptors (Lipinski definition) is 1. The molecule has 0 amide bonds. The third-order valence-electron chi connectivity index (χ3n) is 3.50. The van der Waals surface area contributed by atoms with Gasteiger partial charge in [-0.05, 0) is 56.6 Å². The van der Waals surface area contributed by atoms with Crippen LogP contribution >= 0.6 is 20.1 Å². The Hall–Kier alpha value is -0.610. The molecule has 0 spiro atoms. The Morgan fingerprint density at radius 2 is 1.55 bits per heavy atom. The van der Waals surface area contributed by atoms with Crippen LogP contribution in [0.2, 0.25) is 0 Å². The zero-order valence-electron chi connectivity index (χ0n) is 13.8. The number of fused-ring (bicyclic) bond motifs is 1. The molecule has 4 heteroatoms. The zero-order valence-corrected chi connectivity index (χ0v) is 15.4. The highest BCUT2D eigenvalue weighted by molar-refractivity contribution is 8.47. The smallest absolute Gasteiger partial charge is 0.130 e. The van der Waals surface area contributed by atoms with Gasteiger partial charge in [-0.25, -0.2) is 25.0 Å². The Kier molecular flexibility index (Phi) is 4.18. The fourth-order valence-corrected chi connectivity index (χ4v) is 11.7. The number of imidazole rings is 1. The summed E-state index contributed by atoms with van der Waals surface area (Å²) in [6.45, 7) is 3.22. The lowest BCUT2D eigenvalue weighted by Gasteiger charge is -2.47. The molecule has 0 saturated carbocycles. The minimum atomic E-state index is -0.702. The number of nitrogens with zero attached hydrogens (tertiary/aromatic N) is 2. The number of aromatic nitrogens is 2. The molecule has 2 aromatic rings. The topological polar surface area (TPSA) is 17.8 Å². The third kappa shape index (κ3) is 2.86. The molecule has 20 heavy (non-hydrogen) atoms. The minimum absolute atomic E-state index is 0.586. The molecule has 0 atom stereocenters. The Morgan fingerprint density at radius 1 is 1.00 bits per heavy atom. The number of rotatable bonds is 4. The summed E-state index contributed by atoms with van der Waals surface area (Å²) in [7, 11) is -1.40. The summed E-state index contributed by atoms with van der Waals surface area (Å²) in [5.41, 5.74) is 2.42. The third-order valence-corrected chi connectivity index (χ3v) is 9.95. The van der Waals surface area contributed by atoms with Crippen LogP contribution in [0.4, 0.5) is 0 Å². The van der Waals surface area contributed by atoms with Crippen LogP contribution in [0.5, 0.6) is 0 Å². The van der Waals surface area contributed by atoms with Crippen LogP contribution < -0.4 is 0 Å². The molecule has 0 unspecified atom stereocenters. The first-order chi connectivity index (χ1) is 9.16. The molecule has 0 fully saturated rings. The van der Waals surface area contributed by atoms with E-state index in [1.54, 1.807) is 0 Å². The first-order valence-corrected chi connectivity index (χ1v) is 12.8. The van der Waals surface area contributed by atoms with Crippen molar-refractivity contribution in [3.05, 3.63) is 30.1 Å². The SMILES string of the molecule is CCn1c(C(S(C)(C)C)S(C)(C)C)nc2ccccc21. The van der Waals surface area contributed by atoms with E-state index >= 15 is 0 Å². The summed E-state index contributed by atoms with van der Waals surface area (Å²) in [5.74, 6) is 1.30. The lowest BCUT2D eigenvalue weighted by Crippen LogP contribution is -2.18. The lowest BCUT2D eigenvalue weighted by molar-refractivity contribution is 0.743. The van der Waals surface area contributed by atoms with Crippen LogP contribution in [0.25, 0.3) is 11.0 Å². The summed E-state index contributed by atoms with van der Waals surface area (Å²) in [4.78, 5) is 5.02. The number of aryl methyl sites for hydroxylation is 1. The van der Waals surface area contributed by atoms with Crippen LogP contribution in [-0.4, -0.2) is 47.1 Å². The highest BCUT2D eigenvalue weighted by atomic mass is 32.3. The second-order valence-corrected chi connectivity index (χ2v) is 15.9. The van der Waals surface area contributed by atoms with Gasteiger partial charge in [-0.1, -0.05) is 12.1 Å². The van der Waals surface area contributed by atoms with Gasteiger partial charge in [0, 0.05) is 6.54 Å². The largest absolute Gasteiger partial charge is 0.327 e. The first kappa shape index (κ1) is 15.8. The van der Waals surface area contributed by atoms with Gasteiger partial charge < -0.3 is 4.57 Å². The van der Waals surface area contributed by atoms with Crippen LogP contribution in [0, 0.1) is 0 Å². The molecule has 114 valence electrons. The first-order valence-electron chi connectivity index (χ1n) is 6.95. The maximum atomic E-state index is 5.02. The molecule has 0 N–H and O–H groups in total. The van der Waals surface area contributed by atoms with Crippen molar-refractivity contribution in [1.29, 1.82) is 0 Å². The van der Waals surface area contributed by atoms with Gasteiger partial charge in [-0.2, -0.15) is 0 Å². The van der Waals surface area contributed by atoms with E-state index in [1.165, 1.54) is 11.3 Å². The maximum absolute atomic E-state index is 5.02. The van der Waals surface area contributed by atoms with E-state index in [4.69, 9.17) is 4.98 Å². The van der Waals surface area contributed by atoms with Crippen molar-refractivity contribution in [1.82, 2.24) is 9.55 Å². The van der Waals surface area contributed by atoms with Crippen LogP contribution in [0.3, 0.4) is 0 Å². The molecule has 0 aliphatic heterocycles. The van der Waals surface area contributed by atoms with Gasteiger partial charge in [0.15, 0.2) is 0 Å². The van der Waals surface area contributed by atoms with Crippen molar-refractivity contribution in [2.45, 2.75) is 18.1 Å². The summed E-state index contributed by atoms with van der Waals surface area (Å²) in [6.07, 6.45) is 14.6. The minimum Gasteiger partial charge on any atom is -0.327 e. The van der Waals surface area contributed by atoms with Crippen molar-refractivity contribution in [3.8, 4) is 0 Å². The quantitative estimate of drug-likeness (QED) is 0.816. The average Bonchev–Trinajstić information content (AvgIpc) is 2.62. The Morgan fingerprint density at radius 3 is 2.05 bits per heavy atom. The number of hydrogen-bond donors (Lipinski definition) is 0. The predicted molar refractivity (Wildman–Crippen MR) is 98.9 cm³/mol. The molecule has 1 aromatic carbocycles. The van der Waals surface area contributed by atoms with E-state index < -0.39 is 20.1 Å². The Balaban J connectivity index is 2.71. The normalized spacial score (nSPS) is 15.0. The standard InChI is InChI=1S/C16H28N2S2/c1-8-18-14-12-10-9-11-13(14)17-15(18)16(19(2,3)4)20(5,6)7/h9-12,16H,8H2,1-7H3. The maximum Gasteiger partial charge on any atom is 0.130 e. The molecule has 1 heterocycles. The van der Waals surface area contributed by atoms with Crippen molar-refractivity contribution >= 4 is 31.1 Å². The van der Waals surface area contributed by atoms with E-state index in [1.807, 2.05) is 0 Å². The van der Waals surface area contributed by atoms with E-state index in [2.05, 4.69) is 73.3 Å². The van der Waals surface area contributed by atoms with Gasteiger partial charge in [0.05, 0.1) is 15.6 Å². The van der Waals surface area contributed by atoms with Crippen LogP contribution in [-0.2, 0) is 6.54 Å². The number of para-hydroxylation sites is 2. The van der Waals surface area contributed by atoms with E-state index in [0.29, 0.717) is 4.58 Å². The molecule has 2 nitrogen and oxygen atoms in total. The summed E-state index contributed by atoms with van der Waals surface area (Å²) in [6, 6.07) is 8.53. The highest BCUT2D eigenvalue weighted by Crippen LogP contribution is 2.68. The monoisotopic (exact) mass is 312 g/mol. The van der Waals surface area contributed by atoms with Crippen molar-refractivity contribution < 1.29 is 0 Å². The van der Waals surface area contributed by atoms with Crippen molar-refractivity contribution in [2.75, 3.05) is 37.5 Å². The van der Waals surface area contributed by atoms with Crippen LogP contribution in [0.15, 0.2) is 24.3 Å². The van der Waals surface area contributed by atoms with Crippen molar-refractivity contribution in [3.63, 3.8) is 0 Å². The highest BCUT2D eigenvalue weighted by Gasteiger charge is 2.34. The zero-order chi connectivity index (χ0) is 15.1. The van der Waals surface area contributed by atoms with Crippen molar-refractivity contribution in [2.24, 2.45) is 0 Å². The molecule has 2 rings (SSSR count). The molecule has 1 aromatic heterocycles. The fraction of sp³-hybridized carbons (Fsp3) is 0.562. The molecule has 0 radical (unpaired) electrons. The molecular formula is C16H28N2S2. The molecule has 0 aliphatic rings. The predicted octanol–water partition coefficient (Wildman–Crippen LogP) is 4.44. The summed E-state index contributed by atoms with van der Waals surface area (Å²) in [5, 5.41) is 0. The summed E-state index contributed by atoms with van der Waals surface area (Å²) >= 11 is 0. The molecule has 0 aliphatic carbocycles. The lowest BCUT2D eigenvalue weighted by atomic mass is 10.3. The second-order valence-electron chi connectivity index (χ2n) is 6.90. The van der Waals surface area contributed by atoms with E-state index in [0.717, 1.165) is 12.1 Å². The fourth-order valence-electron chi connectivity index (χ4n) is 3.10. The van der Waals surface area contributed by atoms with E-state index in [-0.39, 0.29) is 0 Å². The number of benzene rings is 1. The summed E-state index contributed by atoms with van der Waals surface area (Å²) < 4.78 is 3.01. The van der Waals surface area contributed by atoms with Crippen LogP contribution in [0.1, 0.15) is 17.3 Å². The average molecular weight is 313 g/mol. The van der Waals surface area contributed by atoms with Gasteiger partial charge in [0.25, 0.3) is 0 Å². The Labute approximate surface area is 126 Å². The van der Waals surface area contributed by atoms with Gasteiger partial charge in [0.1, 0.15) is 5.82 Å². The molecule has 0 saturated heterocycles. The van der Waals surface area contributed by atoms with Gasteiger partial charge in [-0.15, -0.1) is 0 Å². The Bertz CT molecular complexity index is 589. The van der Waals surface area contributed by atoms with E-state index in [9.17, 15) is 0 Å². The molecular weight excluding hydrogens is 284 g/mol. The van der Waals surface area contributed by atoms with Gasteiger partial charge >= 0.3 is 0 Å². The van der Waals surface area contributed by atoms with Gasteiger partial charge in [-0.3, -0.25) is 0 Å². The second kappa shape index (κ2) is 5.30. The molecule has 0 bridgehead atoms. The van der Waals surface area contributed by atoms with Gasteiger partial charge in [0.2, 0.25) is 0 Å².